The first-order valence-electron chi connectivity index (χ1n) is 5.48. The summed E-state index contributed by atoms with van der Waals surface area (Å²) >= 11 is 2.48. The Hall–Kier alpha value is 0.470. The fourth-order valence-electron chi connectivity index (χ4n) is 1.39. The van der Waals surface area contributed by atoms with Crippen molar-refractivity contribution in [3.05, 3.63) is 12.7 Å². The molecular weight excluding hydrogens is 271 g/mol. The van der Waals surface area contributed by atoms with Crippen LogP contribution in [0.1, 0.15) is 51.9 Å². The monoisotopic (exact) mass is 294 g/mol. The number of alkyl halides is 1. The fraction of sp³-hybridized carbons (Fsp3) is 0.833. The number of unbranched alkanes of at least 4 members (excludes halogenated alkanes) is 5. The molecule has 0 aromatic rings. The lowest BCUT2D eigenvalue weighted by Gasteiger charge is -2.06. The summed E-state index contributed by atoms with van der Waals surface area (Å²) < 4.78 is 1.31. The predicted molar refractivity (Wildman–Crippen MR) is 70.6 cm³/mol. The van der Waals surface area contributed by atoms with Crippen molar-refractivity contribution in [2.24, 2.45) is 5.92 Å². The van der Waals surface area contributed by atoms with E-state index in [-0.39, 0.29) is 0 Å². The maximum absolute atomic E-state index is 3.73. The molecule has 0 N–H and O–H groups in total. The highest BCUT2D eigenvalue weighted by molar-refractivity contribution is 14.1. The highest BCUT2D eigenvalue weighted by Gasteiger charge is 1.98. The van der Waals surface area contributed by atoms with Crippen LogP contribution < -0.4 is 0 Å². The lowest BCUT2D eigenvalue weighted by molar-refractivity contribution is 0.525. The van der Waals surface area contributed by atoms with Gasteiger partial charge >= 0.3 is 0 Å². The number of rotatable bonds is 9. The van der Waals surface area contributed by atoms with Crippen LogP contribution in [-0.2, 0) is 0 Å². The average molecular weight is 294 g/mol. The minimum absolute atomic E-state index is 0.925. The summed E-state index contributed by atoms with van der Waals surface area (Å²) in [6.07, 6.45) is 11.7. The molecule has 0 spiro atoms. The van der Waals surface area contributed by atoms with Crippen LogP contribution >= 0.6 is 22.6 Å². The van der Waals surface area contributed by atoms with Gasteiger partial charge in [-0.1, -0.05) is 61.3 Å². The van der Waals surface area contributed by atoms with E-state index in [9.17, 15) is 0 Å². The van der Waals surface area contributed by atoms with Crippen LogP contribution in [0.2, 0.25) is 0 Å². The SMILES string of the molecule is C=CCCCCCCC[C@@H](C)CI. The molecule has 13 heavy (non-hydrogen) atoms. The van der Waals surface area contributed by atoms with E-state index in [1.165, 1.54) is 49.4 Å². The van der Waals surface area contributed by atoms with Gasteiger partial charge in [0.25, 0.3) is 0 Å². The molecule has 0 rings (SSSR count). The Morgan fingerprint density at radius 2 is 1.77 bits per heavy atom. The number of allylic oxidation sites excluding steroid dienone is 1. The third-order valence-electron chi connectivity index (χ3n) is 2.37. The molecule has 0 aliphatic heterocycles. The van der Waals surface area contributed by atoms with Crippen molar-refractivity contribution < 1.29 is 0 Å². The summed E-state index contributed by atoms with van der Waals surface area (Å²) in [5.41, 5.74) is 0. The molecule has 0 saturated carbocycles. The van der Waals surface area contributed by atoms with E-state index >= 15 is 0 Å². The van der Waals surface area contributed by atoms with E-state index in [2.05, 4.69) is 36.1 Å². The van der Waals surface area contributed by atoms with Crippen molar-refractivity contribution in [2.75, 3.05) is 4.43 Å². The van der Waals surface area contributed by atoms with Crippen LogP contribution in [0.15, 0.2) is 12.7 Å². The van der Waals surface area contributed by atoms with Gasteiger partial charge in [0.2, 0.25) is 0 Å². The first kappa shape index (κ1) is 13.5. The molecule has 0 aliphatic rings. The second-order valence-corrected chi connectivity index (χ2v) is 4.77. The molecule has 0 amide bonds. The molecule has 0 bridgehead atoms. The Labute approximate surface area is 97.3 Å². The van der Waals surface area contributed by atoms with E-state index in [0.717, 1.165) is 5.92 Å². The molecule has 0 saturated heterocycles. The topological polar surface area (TPSA) is 0 Å². The second-order valence-electron chi connectivity index (χ2n) is 3.89. The number of hydrogen-bond donors (Lipinski definition) is 0. The standard InChI is InChI=1S/C12H23I/c1-3-4-5-6-7-8-9-10-12(2)11-13/h3,12H,1,4-11H2,2H3/t12-/m1/s1. The highest BCUT2D eigenvalue weighted by atomic mass is 127. The summed E-state index contributed by atoms with van der Waals surface area (Å²) in [4.78, 5) is 0. The Balaban J connectivity index is 2.95. The van der Waals surface area contributed by atoms with E-state index in [1.807, 2.05) is 6.08 Å². The summed E-state index contributed by atoms with van der Waals surface area (Å²) in [5.74, 6) is 0.925. The summed E-state index contributed by atoms with van der Waals surface area (Å²) in [6, 6.07) is 0. The van der Waals surface area contributed by atoms with Gasteiger partial charge in [-0.2, -0.15) is 0 Å². The van der Waals surface area contributed by atoms with Gasteiger partial charge in [0.05, 0.1) is 0 Å². The Kier molecular flexibility index (Phi) is 10.9. The zero-order valence-electron chi connectivity index (χ0n) is 8.90. The minimum Gasteiger partial charge on any atom is -0.103 e. The van der Waals surface area contributed by atoms with E-state index < -0.39 is 0 Å². The molecule has 78 valence electrons. The molecule has 0 radical (unpaired) electrons. The Morgan fingerprint density at radius 3 is 2.38 bits per heavy atom. The van der Waals surface area contributed by atoms with E-state index in [1.54, 1.807) is 0 Å². The molecule has 1 heteroatoms. The van der Waals surface area contributed by atoms with Crippen molar-refractivity contribution in [2.45, 2.75) is 51.9 Å². The van der Waals surface area contributed by atoms with E-state index in [4.69, 9.17) is 0 Å². The molecule has 0 aromatic carbocycles. The smallest absolute Gasteiger partial charge is 0.00210 e. The quantitative estimate of drug-likeness (QED) is 0.244. The van der Waals surface area contributed by atoms with Gasteiger partial charge in [-0.15, -0.1) is 6.58 Å². The summed E-state index contributed by atoms with van der Waals surface area (Å²) in [6.45, 7) is 6.08. The Bertz CT molecular complexity index is 110. The van der Waals surface area contributed by atoms with E-state index in [0.29, 0.717) is 0 Å². The maximum atomic E-state index is 3.73. The molecule has 0 fully saturated rings. The van der Waals surface area contributed by atoms with Crippen LogP contribution in [0, 0.1) is 5.92 Å². The van der Waals surface area contributed by atoms with Crippen molar-refractivity contribution in [1.82, 2.24) is 0 Å². The largest absolute Gasteiger partial charge is 0.103 e. The van der Waals surface area contributed by atoms with Gasteiger partial charge in [0, 0.05) is 4.43 Å². The van der Waals surface area contributed by atoms with Crippen molar-refractivity contribution in [1.29, 1.82) is 0 Å². The lowest BCUT2D eigenvalue weighted by Crippen LogP contribution is -1.94. The van der Waals surface area contributed by atoms with Gasteiger partial charge in [0.15, 0.2) is 0 Å². The first-order valence-corrected chi connectivity index (χ1v) is 7.00. The predicted octanol–water partition coefficient (Wildman–Crippen LogP) is 4.97. The fourth-order valence-corrected chi connectivity index (χ4v) is 1.83. The zero-order chi connectivity index (χ0) is 9.94. The van der Waals surface area contributed by atoms with Crippen molar-refractivity contribution in [3.8, 4) is 0 Å². The van der Waals surface area contributed by atoms with Crippen molar-refractivity contribution in [3.63, 3.8) is 0 Å². The van der Waals surface area contributed by atoms with Crippen molar-refractivity contribution >= 4 is 22.6 Å². The molecule has 0 aromatic heterocycles. The third kappa shape index (κ3) is 10.4. The Morgan fingerprint density at radius 1 is 1.15 bits per heavy atom. The van der Waals surface area contributed by atoms with Crippen LogP contribution in [0.5, 0.6) is 0 Å². The van der Waals surface area contributed by atoms with Gasteiger partial charge in [-0.3, -0.25) is 0 Å². The first-order chi connectivity index (χ1) is 6.31. The number of hydrogen-bond acceptors (Lipinski definition) is 0. The molecule has 1 atom stereocenters. The summed E-state index contributed by atoms with van der Waals surface area (Å²) in [7, 11) is 0. The summed E-state index contributed by atoms with van der Waals surface area (Å²) in [5, 5.41) is 0. The van der Waals surface area contributed by atoms with Crippen LogP contribution in [-0.4, -0.2) is 4.43 Å². The van der Waals surface area contributed by atoms with Gasteiger partial charge in [0.1, 0.15) is 0 Å². The second kappa shape index (κ2) is 10.6. The molecule has 0 nitrogen and oxygen atoms in total. The average Bonchev–Trinajstić information content (AvgIpc) is 2.16. The highest BCUT2D eigenvalue weighted by Crippen LogP contribution is 2.13. The molecule has 0 unspecified atom stereocenters. The van der Waals surface area contributed by atoms with Gasteiger partial charge in [-0.05, 0) is 25.2 Å². The maximum Gasteiger partial charge on any atom is 0.00210 e. The van der Waals surface area contributed by atoms with Crippen LogP contribution in [0.3, 0.4) is 0 Å². The normalized spacial score (nSPS) is 12.8. The molecule has 0 aliphatic carbocycles. The van der Waals surface area contributed by atoms with Gasteiger partial charge < -0.3 is 0 Å². The minimum atomic E-state index is 0.925. The van der Waals surface area contributed by atoms with Crippen LogP contribution in [0.25, 0.3) is 0 Å². The molecular formula is C12H23I. The molecule has 0 heterocycles. The zero-order valence-corrected chi connectivity index (χ0v) is 11.1. The third-order valence-corrected chi connectivity index (χ3v) is 3.87. The number of halogens is 1. The van der Waals surface area contributed by atoms with Gasteiger partial charge in [-0.25, -0.2) is 0 Å². The van der Waals surface area contributed by atoms with Crippen LogP contribution in [0.4, 0.5) is 0 Å². The lowest BCUT2D eigenvalue weighted by atomic mass is 10.0.